The largest absolute Gasteiger partial charge is 0.481 e. The van der Waals surface area contributed by atoms with Crippen LogP contribution in [0.25, 0.3) is 0 Å². The van der Waals surface area contributed by atoms with Gasteiger partial charge in [0, 0.05) is 6.42 Å². The maximum absolute atomic E-state index is 11.4. The van der Waals surface area contributed by atoms with E-state index in [1.54, 1.807) is 0 Å². The Morgan fingerprint density at radius 1 is 0.289 bits per heavy atom. The monoisotopic (exact) mass is 1320 g/mol. The van der Waals surface area contributed by atoms with Gasteiger partial charge in [-0.1, -0.05) is 96.8 Å². The number of carbonyl (C=O) groups excluding carboxylic acids is 1. The molecule has 0 saturated carbocycles. The van der Waals surface area contributed by atoms with E-state index in [9.17, 15) is 76.7 Å². The first-order valence-electron chi connectivity index (χ1n) is 26.5. The quantitative estimate of drug-likeness (QED) is 0.0254. The number of esters is 1. The number of hydrogen-bond donors (Lipinski definition) is 22. The Balaban J connectivity index is -0.000000241. The van der Waals surface area contributed by atoms with Crippen LogP contribution in [0, 0.1) is 0 Å². The second kappa shape index (κ2) is 49.2. The van der Waals surface area contributed by atoms with Gasteiger partial charge < -0.3 is 117 Å². The number of carboxylic acid groups (broad SMARTS) is 15. The molecule has 0 aliphatic carbocycles. The van der Waals surface area contributed by atoms with Crippen LogP contribution in [0.15, 0.2) is 0 Å². The number of unbranched alkanes of at least 4 members (excludes halogenated alkanes) is 14. The Kier molecular flexibility index (Phi) is 50.5. The second-order valence-corrected chi connectivity index (χ2v) is 19.6. The van der Waals surface area contributed by atoms with Gasteiger partial charge in [-0.3, -0.25) is 52.7 Å². The minimum Gasteiger partial charge on any atom is -0.481 e. The van der Waals surface area contributed by atoms with Crippen LogP contribution in [0.4, 0.5) is 0 Å². The number of hydrogen-bond acceptors (Lipinski definition) is 24. The molecule has 0 fully saturated rings. The number of carboxylic acids is 15. The van der Waals surface area contributed by atoms with Gasteiger partial charge in [-0.25, -0.2) is 24.0 Å². The van der Waals surface area contributed by atoms with Crippen molar-refractivity contribution in [1.82, 2.24) is 0 Å². The van der Waals surface area contributed by atoms with Crippen molar-refractivity contribution in [1.29, 1.82) is 0 Å². The van der Waals surface area contributed by atoms with E-state index in [4.69, 9.17) is 117 Å². The normalized spacial score (nSPS) is 11.2. The molecule has 0 amide bonds. The lowest BCUT2D eigenvalue weighted by Gasteiger charge is -2.18. The highest BCUT2D eigenvalue weighted by Crippen LogP contribution is 2.20. The first kappa shape index (κ1) is 92.4. The smallest absolute Gasteiger partial charge is 0.336 e. The van der Waals surface area contributed by atoms with E-state index in [-0.39, 0.29) is 19.2 Å². The highest BCUT2D eigenvalue weighted by Gasteiger charge is 2.44. The molecular formula is C51H82O39. The number of carbonyl (C=O) groups is 16. The second-order valence-electron chi connectivity index (χ2n) is 19.6. The minimum absolute atomic E-state index is 0.103. The summed E-state index contributed by atoms with van der Waals surface area (Å²) in [5.41, 5.74) is -13.7. The standard InChI is InChI=1S/C21H42O4.5C6H8O7/c1-2-3-4-5-6-7-8-9-10-11-12-13-14-15-16-17-21(24)25-19-20(23)18-22;5*7-3(8)1-6(13,5(11)12)2-4(9)10/h20,22-23H,2-19H2,1H3;5*13H,1-2H2,(H,7,8)(H,9,10)(H,11,12). The molecule has 0 aliphatic heterocycles. The molecule has 39 heteroatoms. The van der Waals surface area contributed by atoms with Crippen LogP contribution in [0.3, 0.4) is 0 Å². The molecule has 39 nitrogen and oxygen atoms in total. The summed E-state index contributed by atoms with van der Waals surface area (Å²) in [6.45, 7) is 1.79. The van der Waals surface area contributed by atoms with Crippen molar-refractivity contribution >= 4 is 95.5 Å². The topological polar surface area (TPSA) is 727 Å². The fourth-order valence-corrected chi connectivity index (χ4v) is 6.53. The van der Waals surface area contributed by atoms with Gasteiger partial charge in [0.25, 0.3) is 0 Å². The average molecular weight is 1320 g/mol. The fourth-order valence-electron chi connectivity index (χ4n) is 6.53. The number of rotatable bonds is 44. The molecule has 0 aromatic carbocycles. The summed E-state index contributed by atoms with van der Waals surface area (Å²) in [7, 11) is 0. The summed E-state index contributed by atoms with van der Waals surface area (Å²) in [6.07, 6.45) is 7.59. The molecular weight excluding hydrogens is 1240 g/mol. The molecule has 0 heterocycles. The zero-order chi connectivity index (χ0) is 71.8. The molecule has 520 valence electrons. The highest BCUT2D eigenvalue weighted by molar-refractivity contribution is 5.91. The third-order valence-electron chi connectivity index (χ3n) is 11.1. The first-order valence-corrected chi connectivity index (χ1v) is 26.5. The van der Waals surface area contributed by atoms with Gasteiger partial charge in [0.2, 0.25) is 0 Å². The predicted molar refractivity (Wildman–Crippen MR) is 289 cm³/mol. The molecule has 0 aliphatic rings. The third kappa shape index (κ3) is 53.5. The van der Waals surface area contributed by atoms with Crippen LogP contribution in [0.2, 0.25) is 0 Å². The Morgan fingerprint density at radius 3 is 0.578 bits per heavy atom. The summed E-state index contributed by atoms with van der Waals surface area (Å²) < 4.78 is 4.86. The third-order valence-corrected chi connectivity index (χ3v) is 11.1. The molecule has 0 radical (unpaired) electrons. The van der Waals surface area contributed by atoms with E-state index >= 15 is 0 Å². The van der Waals surface area contributed by atoms with Gasteiger partial charge in [-0.05, 0) is 6.42 Å². The lowest BCUT2D eigenvalue weighted by atomic mass is 9.96. The molecule has 0 bridgehead atoms. The zero-order valence-corrected chi connectivity index (χ0v) is 48.7. The number of aliphatic carboxylic acids is 15. The highest BCUT2D eigenvalue weighted by atomic mass is 16.5. The van der Waals surface area contributed by atoms with Crippen LogP contribution >= 0.6 is 0 Å². The Morgan fingerprint density at radius 2 is 0.444 bits per heavy atom. The molecule has 90 heavy (non-hydrogen) atoms. The van der Waals surface area contributed by atoms with Crippen molar-refractivity contribution in [3.8, 4) is 0 Å². The van der Waals surface area contributed by atoms with E-state index in [0.717, 1.165) is 12.8 Å². The summed E-state index contributed by atoms with van der Waals surface area (Å²) >= 11 is 0. The van der Waals surface area contributed by atoms with Gasteiger partial charge >= 0.3 is 95.5 Å². The lowest BCUT2D eigenvalue weighted by molar-refractivity contribution is -0.170. The Hall–Kier alpha value is -8.76. The number of ether oxygens (including phenoxy) is 1. The summed E-state index contributed by atoms with van der Waals surface area (Å²) in [6, 6.07) is 0. The minimum atomic E-state index is -2.74. The summed E-state index contributed by atoms with van der Waals surface area (Å²) in [5.74, 6) is -25.4. The first-order chi connectivity index (χ1) is 41.1. The molecule has 0 rings (SSSR count). The van der Waals surface area contributed by atoms with Crippen molar-refractivity contribution in [2.24, 2.45) is 0 Å². The van der Waals surface area contributed by atoms with Crippen molar-refractivity contribution in [3.05, 3.63) is 0 Å². The van der Waals surface area contributed by atoms with Gasteiger partial charge in [-0.2, -0.15) is 0 Å². The van der Waals surface area contributed by atoms with Crippen molar-refractivity contribution in [2.45, 2.75) is 208 Å². The molecule has 0 saturated heterocycles. The Labute approximate surface area is 509 Å². The van der Waals surface area contributed by atoms with Crippen molar-refractivity contribution in [2.75, 3.05) is 13.2 Å². The summed E-state index contributed by atoms with van der Waals surface area (Å²) in [5, 5.41) is 187. The molecule has 0 aromatic heterocycles. The van der Waals surface area contributed by atoms with E-state index in [0.29, 0.717) is 6.42 Å². The van der Waals surface area contributed by atoms with Crippen LogP contribution in [-0.2, 0) is 81.4 Å². The van der Waals surface area contributed by atoms with Gasteiger partial charge in [0.15, 0.2) is 28.0 Å². The predicted octanol–water partition coefficient (Wildman–Crippen LogP) is -1.10. The number of aliphatic hydroxyl groups is 7. The van der Waals surface area contributed by atoms with Crippen molar-refractivity contribution < 1.29 is 194 Å². The van der Waals surface area contributed by atoms with Crippen LogP contribution in [0.5, 0.6) is 0 Å². The molecule has 22 N–H and O–H groups in total. The molecule has 1 atom stereocenters. The SMILES string of the molecule is CCCCCCCCCCCCCCCCCC(=O)OCC(O)CO.O=C(O)CC(O)(CC(=O)O)C(=O)O.O=C(O)CC(O)(CC(=O)O)C(=O)O.O=C(O)CC(O)(CC(=O)O)C(=O)O.O=C(O)CC(O)(CC(=O)O)C(=O)O.O=C(O)CC(O)(CC(=O)O)C(=O)O. The average Bonchev–Trinajstić information content (AvgIpc) is 1.83. The van der Waals surface area contributed by atoms with Gasteiger partial charge in [-0.15, -0.1) is 0 Å². The fraction of sp³-hybridized carbons (Fsp3) is 0.686. The molecule has 1 unspecified atom stereocenters. The summed E-state index contributed by atoms with van der Waals surface area (Å²) in [4.78, 5) is 164. The maximum Gasteiger partial charge on any atom is 0.336 e. The number of aliphatic hydroxyl groups excluding tert-OH is 2. The van der Waals surface area contributed by atoms with Crippen LogP contribution in [0.1, 0.15) is 174 Å². The molecule has 0 spiro atoms. The van der Waals surface area contributed by atoms with E-state index in [2.05, 4.69) is 6.92 Å². The van der Waals surface area contributed by atoms with E-state index < -0.39 is 188 Å². The zero-order valence-electron chi connectivity index (χ0n) is 48.7. The van der Waals surface area contributed by atoms with Crippen molar-refractivity contribution in [3.63, 3.8) is 0 Å². The maximum atomic E-state index is 11.4. The van der Waals surface area contributed by atoms with Crippen LogP contribution < -0.4 is 0 Å². The van der Waals surface area contributed by atoms with Gasteiger partial charge in [0.05, 0.1) is 70.8 Å². The Bertz CT molecular complexity index is 1940. The molecule has 0 aromatic rings. The van der Waals surface area contributed by atoms with Crippen LogP contribution in [-0.4, -0.2) is 255 Å². The van der Waals surface area contributed by atoms with E-state index in [1.807, 2.05) is 0 Å². The van der Waals surface area contributed by atoms with Gasteiger partial charge in [0.1, 0.15) is 12.7 Å². The van der Waals surface area contributed by atoms with E-state index in [1.165, 1.54) is 83.5 Å². The lowest BCUT2D eigenvalue weighted by Crippen LogP contribution is -2.42.